The molecule has 0 aliphatic heterocycles. The summed E-state index contributed by atoms with van der Waals surface area (Å²) in [6.45, 7) is 0. The number of benzene rings is 7. The molecule has 0 fully saturated rings. The van der Waals surface area contributed by atoms with Crippen molar-refractivity contribution in [3.8, 4) is 27.9 Å². The zero-order valence-electron chi connectivity index (χ0n) is 24.9. The van der Waals surface area contributed by atoms with Crippen molar-refractivity contribution >= 4 is 74.7 Å². The van der Waals surface area contributed by atoms with Gasteiger partial charge in [-0.05, 0) is 95.5 Å². The van der Waals surface area contributed by atoms with E-state index in [1.165, 1.54) is 21.9 Å². The monoisotopic (exact) mass is 580 g/mol. The van der Waals surface area contributed by atoms with Gasteiger partial charge < -0.3 is 5.11 Å². The molecule has 0 atom stereocenters. The highest BCUT2D eigenvalue weighted by Crippen LogP contribution is 2.44. The summed E-state index contributed by atoms with van der Waals surface area (Å²) in [6, 6.07) is 47.9. The van der Waals surface area contributed by atoms with Gasteiger partial charge in [-0.3, -0.25) is 4.57 Å². The number of para-hydroxylation sites is 2. The van der Waals surface area contributed by atoms with Crippen LogP contribution >= 0.6 is 0 Å². The zero-order chi connectivity index (χ0) is 31.6. The van der Waals surface area contributed by atoms with Crippen LogP contribution < -0.4 is 0 Å². The Labute approximate surface area is 272 Å². The fraction of sp³-hybridized carbons (Fsp3) is 0.0513. The van der Waals surface area contributed by atoms with Crippen LogP contribution in [0.1, 0.15) is 5.82 Å². The maximum absolute atomic E-state index is 10.6. The zero-order valence-corrected chi connectivity index (χ0v) is 24.9. The van der Waals surface area contributed by atoms with Crippen LogP contribution in [0.25, 0.3) is 71.3 Å². The number of aliphatic hydroxyl groups is 1. The molecular formula is C39H24B4N2O. The summed E-state index contributed by atoms with van der Waals surface area (Å²) in [5.41, 5.74) is 6.60. The van der Waals surface area contributed by atoms with E-state index >= 15 is 0 Å². The molecule has 0 amide bonds. The molecule has 0 saturated carbocycles. The minimum Gasteiger partial charge on any atom is -0.410 e. The van der Waals surface area contributed by atoms with Gasteiger partial charge in [-0.2, -0.15) is 0 Å². The third-order valence-corrected chi connectivity index (χ3v) is 8.96. The largest absolute Gasteiger partial charge is 0.410 e. The van der Waals surface area contributed by atoms with Gasteiger partial charge in [0.15, 0.2) is 0 Å². The lowest BCUT2D eigenvalue weighted by Crippen LogP contribution is -2.55. The van der Waals surface area contributed by atoms with Crippen molar-refractivity contribution in [3.05, 3.63) is 145 Å². The van der Waals surface area contributed by atoms with Gasteiger partial charge in [0.25, 0.3) is 0 Å². The molecule has 0 aliphatic carbocycles. The molecule has 7 aromatic carbocycles. The fourth-order valence-electron chi connectivity index (χ4n) is 6.64. The Bertz CT molecular complexity index is 2400. The SMILES string of the molecule is [B]C([B])(O)C([B])([B])c1nc2ccccc2n1-c1cccc(-c2c3ccccc3c(-c3ccc4ccccc4c3)c3ccccc23)c1. The van der Waals surface area contributed by atoms with Crippen LogP contribution in [0.5, 0.6) is 0 Å². The Balaban J connectivity index is 1.41. The van der Waals surface area contributed by atoms with Crippen LogP contribution in [0.4, 0.5) is 0 Å². The normalized spacial score (nSPS) is 12.4. The summed E-state index contributed by atoms with van der Waals surface area (Å²) >= 11 is 0. The molecule has 46 heavy (non-hydrogen) atoms. The third kappa shape index (κ3) is 4.41. The Morgan fingerprint density at radius 3 is 1.70 bits per heavy atom. The quantitative estimate of drug-likeness (QED) is 0.172. The van der Waals surface area contributed by atoms with E-state index in [2.05, 4.69) is 108 Å². The Morgan fingerprint density at radius 2 is 1.07 bits per heavy atom. The summed E-state index contributed by atoms with van der Waals surface area (Å²) in [7, 11) is 24.6. The number of aromatic nitrogens is 2. The highest BCUT2D eigenvalue weighted by molar-refractivity contribution is 6.53. The fourth-order valence-corrected chi connectivity index (χ4v) is 6.64. The predicted octanol–water partition coefficient (Wildman–Crippen LogP) is 7.29. The molecule has 3 nitrogen and oxygen atoms in total. The van der Waals surface area contributed by atoms with Crippen molar-refractivity contribution in [2.45, 2.75) is 10.6 Å². The van der Waals surface area contributed by atoms with Crippen molar-refractivity contribution < 1.29 is 5.11 Å². The van der Waals surface area contributed by atoms with E-state index in [1.54, 1.807) is 0 Å². The number of hydrogen-bond acceptors (Lipinski definition) is 2. The number of hydrogen-bond donors (Lipinski definition) is 1. The van der Waals surface area contributed by atoms with Gasteiger partial charge in [0.1, 0.15) is 5.82 Å². The lowest BCUT2D eigenvalue weighted by molar-refractivity contribution is 0.189. The van der Waals surface area contributed by atoms with Gasteiger partial charge in [0.2, 0.25) is 0 Å². The number of fused-ring (bicyclic) bond motifs is 4. The van der Waals surface area contributed by atoms with Crippen molar-refractivity contribution in [2.24, 2.45) is 0 Å². The highest BCUT2D eigenvalue weighted by atomic mass is 16.3. The van der Waals surface area contributed by atoms with Crippen LogP contribution in [-0.4, -0.2) is 51.4 Å². The van der Waals surface area contributed by atoms with Gasteiger partial charge >= 0.3 is 0 Å². The minimum atomic E-state index is -2.44. The summed E-state index contributed by atoms with van der Waals surface area (Å²) in [5, 5.41) is 13.1. The molecule has 7 heteroatoms. The topological polar surface area (TPSA) is 38.1 Å². The molecule has 0 unspecified atom stereocenters. The molecule has 0 aliphatic rings. The number of rotatable bonds is 5. The predicted molar refractivity (Wildman–Crippen MR) is 194 cm³/mol. The number of imidazole rings is 1. The smallest absolute Gasteiger partial charge is 0.104 e. The standard InChI is InChI=1S/C39H24B4N2O/c40-38(41,39(42,43)46)37-44-33-18-7-8-19-34(33)45(37)28-13-9-12-26(23-28)35-29-14-3-5-16-31(29)36(32-17-6-4-15-30(32)35)27-21-20-24-10-1-2-11-25(24)22-27/h1-23,46H. The molecule has 208 valence electrons. The van der Waals surface area contributed by atoms with Gasteiger partial charge in [-0.1, -0.05) is 109 Å². The summed E-state index contributed by atoms with van der Waals surface area (Å²) in [6.07, 6.45) is 0. The van der Waals surface area contributed by atoms with E-state index < -0.39 is 10.6 Å². The first-order valence-electron chi connectivity index (χ1n) is 15.1. The first-order chi connectivity index (χ1) is 22.2. The second kappa shape index (κ2) is 10.5. The molecule has 1 aromatic heterocycles. The molecule has 1 N–H and O–H groups in total. The van der Waals surface area contributed by atoms with Crippen LogP contribution in [0.3, 0.4) is 0 Å². The van der Waals surface area contributed by atoms with E-state index in [1.807, 2.05) is 41.0 Å². The van der Waals surface area contributed by atoms with Crippen LogP contribution in [-0.2, 0) is 5.21 Å². The van der Waals surface area contributed by atoms with E-state index in [-0.39, 0.29) is 5.82 Å². The van der Waals surface area contributed by atoms with Crippen LogP contribution in [0.2, 0.25) is 0 Å². The maximum Gasteiger partial charge on any atom is 0.104 e. The molecule has 1 heterocycles. The van der Waals surface area contributed by atoms with E-state index in [0.29, 0.717) is 5.52 Å². The third-order valence-electron chi connectivity index (χ3n) is 8.96. The molecule has 0 spiro atoms. The Morgan fingerprint density at radius 1 is 0.522 bits per heavy atom. The van der Waals surface area contributed by atoms with Gasteiger partial charge in [0.05, 0.1) is 42.4 Å². The van der Waals surface area contributed by atoms with Crippen molar-refractivity contribution in [2.75, 3.05) is 0 Å². The average Bonchev–Trinajstić information content (AvgIpc) is 3.47. The Kier molecular flexibility index (Phi) is 6.52. The molecular weight excluding hydrogens is 556 g/mol. The van der Waals surface area contributed by atoms with Crippen molar-refractivity contribution in [3.63, 3.8) is 0 Å². The molecule has 8 rings (SSSR count). The maximum atomic E-state index is 10.6. The van der Waals surface area contributed by atoms with Crippen molar-refractivity contribution in [1.29, 1.82) is 0 Å². The van der Waals surface area contributed by atoms with Crippen LogP contribution in [0.15, 0.2) is 140 Å². The van der Waals surface area contributed by atoms with Crippen molar-refractivity contribution in [1.82, 2.24) is 9.55 Å². The first-order valence-corrected chi connectivity index (χ1v) is 15.1. The molecule has 0 saturated heterocycles. The highest BCUT2D eigenvalue weighted by Gasteiger charge is 2.39. The second-order valence-electron chi connectivity index (χ2n) is 11.9. The summed E-state index contributed by atoms with van der Waals surface area (Å²) in [4.78, 5) is 4.69. The summed E-state index contributed by atoms with van der Waals surface area (Å²) < 4.78 is 1.82. The first kappa shape index (κ1) is 28.5. The van der Waals surface area contributed by atoms with Gasteiger partial charge in [0, 0.05) is 5.69 Å². The molecule has 0 bridgehead atoms. The number of nitrogens with zero attached hydrogens (tertiary/aromatic N) is 2. The minimum absolute atomic E-state index is 0.139. The van der Waals surface area contributed by atoms with Crippen LogP contribution in [0, 0.1) is 0 Å². The Hall–Kier alpha value is -4.99. The average molecular weight is 580 g/mol. The van der Waals surface area contributed by atoms with E-state index in [0.717, 1.165) is 43.9 Å². The van der Waals surface area contributed by atoms with Gasteiger partial charge in [-0.25, -0.2) is 4.98 Å². The lowest BCUT2D eigenvalue weighted by Gasteiger charge is -2.39. The summed E-state index contributed by atoms with van der Waals surface area (Å²) in [5.74, 6) is 0.139. The van der Waals surface area contributed by atoms with Gasteiger partial charge in [-0.15, -0.1) is 0 Å². The molecule has 8 aromatic rings. The molecule has 8 radical (unpaired) electrons. The second-order valence-corrected chi connectivity index (χ2v) is 11.9. The van der Waals surface area contributed by atoms with E-state index in [4.69, 9.17) is 31.4 Å². The lowest BCUT2D eigenvalue weighted by atomic mass is 9.35. The van der Waals surface area contributed by atoms with E-state index in [9.17, 15) is 5.11 Å².